The Morgan fingerprint density at radius 1 is 0.919 bits per heavy atom. The molecule has 8 heteroatoms. The molecular weight excluding hydrogens is 470 g/mol. The number of nitrogens with one attached hydrogen (secondary N) is 1. The summed E-state index contributed by atoms with van der Waals surface area (Å²) in [6.07, 6.45) is 1.44. The summed E-state index contributed by atoms with van der Waals surface area (Å²) in [5, 5.41) is 3.01. The van der Waals surface area contributed by atoms with Crippen LogP contribution in [-0.2, 0) is 6.54 Å². The van der Waals surface area contributed by atoms with E-state index < -0.39 is 0 Å². The van der Waals surface area contributed by atoms with Gasteiger partial charge in [0.1, 0.15) is 17.2 Å². The van der Waals surface area contributed by atoms with Crippen LogP contribution >= 0.6 is 0 Å². The number of aryl methyl sites for hydroxylation is 1. The van der Waals surface area contributed by atoms with Crippen molar-refractivity contribution in [2.24, 2.45) is 0 Å². The van der Waals surface area contributed by atoms with E-state index in [1.54, 1.807) is 39.5 Å². The van der Waals surface area contributed by atoms with Gasteiger partial charge in [-0.25, -0.2) is 0 Å². The fourth-order valence-corrected chi connectivity index (χ4v) is 4.61. The van der Waals surface area contributed by atoms with Crippen molar-refractivity contribution in [3.05, 3.63) is 82.7 Å². The zero-order chi connectivity index (χ0) is 26.4. The molecule has 4 rings (SSSR count). The average Bonchev–Trinajstić information content (AvgIpc) is 2.95. The molecule has 0 radical (unpaired) electrons. The highest BCUT2D eigenvalue weighted by Crippen LogP contribution is 2.31. The largest absolute Gasteiger partial charge is 0.497 e. The molecule has 2 aromatic carbocycles. The van der Waals surface area contributed by atoms with E-state index in [-0.39, 0.29) is 17.7 Å². The standard InChI is InChI=1S/C29H33N3O5/c1-19-8-9-26(28(33)30-18-20-6-5-7-23(14-20)35-2)27(31-19)21-10-12-32(13-11-21)29(34)22-15-24(36-3)17-25(16-22)37-4/h5-9,14-17,21H,10-13,18H2,1-4H3,(H,30,33). The quantitative estimate of drug-likeness (QED) is 0.491. The second kappa shape index (κ2) is 11.8. The molecule has 3 aromatic rings. The lowest BCUT2D eigenvalue weighted by Gasteiger charge is -2.32. The van der Waals surface area contributed by atoms with E-state index in [0.717, 1.165) is 35.5 Å². The van der Waals surface area contributed by atoms with Crippen LogP contribution < -0.4 is 19.5 Å². The molecule has 0 aliphatic carbocycles. The first kappa shape index (κ1) is 26.0. The molecule has 8 nitrogen and oxygen atoms in total. The van der Waals surface area contributed by atoms with E-state index in [4.69, 9.17) is 19.2 Å². The lowest BCUT2D eigenvalue weighted by molar-refractivity contribution is 0.0709. The summed E-state index contributed by atoms with van der Waals surface area (Å²) < 4.78 is 15.9. The van der Waals surface area contributed by atoms with E-state index in [9.17, 15) is 9.59 Å². The molecule has 1 fully saturated rings. The van der Waals surface area contributed by atoms with Crippen molar-refractivity contribution in [2.45, 2.75) is 32.2 Å². The Morgan fingerprint density at radius 3 is 2.24 bits per heavy atom. The Balaban J connectivity index is 1.44. The smallest absolute Gasteiger partial charge is 0.254 e. The van der Waals surface area contributed by atoms with Gasteiger partial charge in [0.2, 0.25) is 0 Å². The summed E-state index contributed by atoms with van der Waals surface area (Å²) in [5.74, 6) is 1.76. The normalized spacial score (nSPS) is 13.7. The lowest BCUT2D eigenvalue weighted by Crippen LogP contribution is -2.38. The number of hydrogen-bond acceptors (Lipinski definition) is 6. The van der Waals surface area contributed by atoms with Crippen molar-refractivity contribution >= 4 is 11.8 Å². The lowest BCUT2D eigenvalue weighted by atomic mass is 9.89. The van der Waals surface area contributed by atoms with Crippen LogP contribution in [0.1, 0.15) is 56.4 Å². The molecule has 37 heavy (non-hydrogen) atoms. The van der Waals surface area contributed by atoms with Gasteiger partial charge in [-0.2, -0.15) is 0 Å². The second-order valence-electron chi connectivity index (χ2n) is 9.09. The number of nitrogens with zero attached hydrogens (tertiary/aromatic N) is 2. The summed E-state index contributed by atoms with van der Waals surface area (Å²) in [6.45, 7) is 3.46. The number of hydrogen-bond donors (Lipinski definition) is 1. The number of amides is 2. The maximum absolute atomic E-state index is 13.2. The summed E-state index contributed by atoms with van der Waals surface area (Å²) in [4.78, 5) is 32.9. The van der Waals surface area contributed by atoms with Gasteiger partial charge in [-0.3, -0.25) is 14.6 Å². The van der Waals surface area contributed by atoms with Gasteiger partial charge in [-0.05, 0) is 61.7 Å². The molecule has 1 aromatic heterocycles. The van der Waals surface area contributed by atoms with Crippen LogP contribution in [0.25, 0.3) is 0 Å². The third-order valence-electron chi connectivity index (χ3n) is 6.66. The third kappa shape index (κ3) is 6.20. The van der Waals surface area contributed by atoms with E-state index >= 15 is 0 Å². The number of ether oxygens (including phenoxy) is 3. The molecule has 0 saturated carbocycles. The zero-order valence-corrected chi connectivity index (χ0v) is 21.7. The summed E-state index contributed by atoms with van der Waals surface area (Å²) in [5.41, 5.74) is 3.71. The number of piperidine rings is 1. The van der Waals surface area contributed by atoms with E-state index in [0.29, 0.717) is 42.3 Å². The van der Waals surface area contributed by atoms with Crippen LogP contribution in [0.2, 0.25) is 0 Å². The molecule has 0 spiro atoms. The molecule has 1 aliphatic heterocycles. The van der Waals surface area contributed by atoms with Crippen molar-refractivity contribution in [3.63, 3.8) is 0 Å². The minimum Gasteiger partial charge on any atom is -0.497 e. The van der Waals surface area contributed by atoms with Gasteiger partial charge in [0.05, 0.1) is 32.6 Å². The fraction of sp³-hybridized carbons (Fsp3) is 0.345. The number of benzene rings is 2. The average molecular weight is 504 g/mol. The Hall–Kier alpha value is -4.07. The van der Waals surface area contributed by atoms with E-state index in [2.05, 4.69) is 5.32 Å². The highest BCUT2D eigenvalue weighted by Gasteiger charge is 2.29. The zero-order valence-electron chi connectivity index (χ0n) is 21.7. The van der Waals surface area contributed by atoms with E-state index in [1.165, 1.54) is 0 Å². The number of aromatic nitrogens is 1. The first-order valence-electron chi connectivity index (χ1n) is 12.3. The van der Waals surface area contributed by atoms with Gasteiger partial charge in [0.25, 0.3) is 11.8 Å². The van der Waals surface area contributed by atoms with Crippen LogP contribution in [0.15, 0.2) is 54.6 Å². The molecule has 2 heterocycles. The number of carbonyl (C=O) groups is 2. The van der Waals surface area contributed by atoms with Crippen LogP contribution in [0.5, 0.6) is 17.2 Å². The van der Waals surface area contributed by atoms with Crippen LogP contribution in [0.4, 0.5) is 0 Å². The van der Waals surface area contributed by atoms with Crippen LogP contribution in [-0.4, -0.2) is 56.1 Å². The van der Waals surface area contributed by atoms with Crippen molar-refractivity contribution in [1.82, 2.24) is 15.2 Å². The van der Waals surface area contributed by atoms with Crippen LogP contribution in [0.3, 0.4) is 0 Å². The van der Waals surface area contributed by atoms with Crippen molar-refractivity contribution in [3.8, 4) is 17.2 Å². The second-order valence-corrected chi connectivity index (χ2v) is 9.09. The molecule has 0 bridgehead atoms. The Morgan fingerprint density at radius 2 is 1.59 bits per heavy atom. The van der Waals surface area contributed by atoms with Gasteiger partial charge in [0.15, 0.2) is 0 Å². The summed E-state index contributed by atoms with van der Waals surface area (Å²) in [7, 11) is 4.75. The number of rotatable bonds is 8. The van der Waals surface area contributed by atoms with Crippen molar-refractivity contribution in [1.29, 1.82) is 0 Å². The predicted molar refractivity (Wildman–Crippen MR) is 141 cm³/mol. The number of likely N-dealkylation sites (tertiary alicyclic amines) is 1. The number of methoxy groups -OCH3 is 3. The maximum Gasteiger partial charge on any atom is 0.254 e. The molecule has 2 amide bonds. The first-order valence-corrected chi connectivity index (χ1v) is 12.3. The van der Waals surface area contributed by atoms with Gasteiger partial charge in [-0.1, -0.05) is 12.1 Å². The Labute approximate surface area is 217 Å². The SMILES string of the molecule is COc1cccc(CNC(=O)c2ccc(C)nc2C2CCN(C(=O)c3cc(OC)cc(OC)c3)CC2)c1. The molecule has 1 saturated heterocycles. The number of pyridine rings is 1. The maximum atomic E-state index is 13.2. The minimum atomic E-state index is -0.160. The third-order valence-corrected chi connectivity index (χ3v) is 6.66. The molecular formula is C29H33N3O5. The highest BCUT2D eigenvalue weighted by atomic mass is 16.5. The van der Waals surface area contributed by atoms with Gasteiger partial charge in [-0.15, -0.1) is 0 Å². The molecule has 194 valence electrons. The van der Waals surface area contributed by atoms with Gasteiger partial charge in [0, 0.05) is 42.9 Å². The van der Waals surface area contributed by atoms with Crippen molar-refractivity contribution in [2.75, 3.05) is 34.4 Å². The Bertz CT molecular complexity index is 1250. The van der Waals surface area contributed by atoms with Gasteiger partial charge >= 0.3 is 0 Å². The molecule has 0 atom stereocenters. The predicted octanol–water partition coefficient (Wildman–Crippen LogP) is 4.37. The Kier molecular flexibility index (Phi) is 8.28. The minimum absolute atomic E-state index is 0.0656. The van der Waals surface area contributed by atoms with Gasteiger partial charge < -0.3 is 24.4 Å². The fourth-order valence-electron chi connectivity index (χ4n) is 4.61. The number of carbonyl (C=O) groups excluding carboxylic acids is 2. The molecule has 1 N–H and O–H groups in total. The molecule has 0 unspecified atom stereocenters. The first-order chi connectivity index (χ1) is 17.9. The van der Waals surface area contributed by atoms with Crippen molar-refractivity contribution < 1.29 is 23.8 Å². The highest BCUT2D eigenvalue weighted by molar-refractivity contribution is 5.96. The summed E-state index contributed by atoms with van der Waals surface area (Å²) in [6, 6.07) is 16.5. The van der Waals surface area contributed by atoms with E-state index in [1.807, 2.05) is 48.2 Å². The summed E-state index contributed by atoms with van der Waals surface area (Å²) >= 11 is 0. The monoisotopic (exact) mass is 503 g/mol. The van der Waals surface area contributed by atoms with Crippen LogP contribution in [0, 0.1) is 6.92 Å². The topological polar surface area (TPSA) is 90.0 Å². The molecule has 1 aliphatic rings.